The van der Waals surface area contributed by atoms with Crippen LogP contribution in [0.15, 0.2) is 29.3 Å². The Morgan fingerprint density at radius 3 is 2.40 bits per heavy atom. The zero-order valence-electron chi connectivity index (χ0n) is 18.2. The van der Waals surface area contributed by atoms with Crippen molar-refractivity contribution in [3.05, 3.63) is 34.9 Å². The zero-order valence-corrected chi connectivity index (χ0v) is 21.3. The smallest absolute Gasteiger partial charge is 0.242 e. The molecule has 168 valence electrons. The second-order valence-corrected chi connectivity index (χ2v) is 8.42. The Hall–Kier alpha value is -1.10. The summed E-state index contributed by atoms with van der Waals surface area (Å²) in [5, 5.41) is 4.19. The number of nitrogens with one attached hydrogen (secondary N) is 1. The van der Waals surface area contributed by atoms with Crippen LogP contribution in [0.2, 0.25) is 5.02 Å². The molecule has 1 N–H and O–H groups in total. The van der Waals surface area contributed by atoms with Gasteiger partial charge in [-0.1, -0.05) is 23.7 Å². The number of aliphatic imine (C=N–C) groups is 1. The second-order valence-electron chi connectivity index (χ2n) is 7.98. The number of hydrogen-bond acceptors (Lipinski definition) is 4. The Balaban J connectivity index is 0.00000320. The standard InChI is InChI=1S/C21H33ClN6O.HI/c1-17(26-10-8-25(3)9-11-26)14-24-21(23-2)28-13-12-27(20(29)16-28)15-18-4-6-19(22)7-5-18;/h4-7,17H,8-16H2,1-3H3,(H,23,24);1H. The number of halogens is 2. The average Bonchev–Trinajstić information content (AvgIpc) is 2.72. The van der Waals surface area contributed by atoms with E-state index in [1.807, 2.05) is 29.2 Å². The second kappa shape index (κ2) is 12.1. The van der Waals surface area contributed by atoms with E-state index in [1.54, 1.807) is 7.05 Å². The van der Waals surface area contributed by atoms with Crippen LogP contribution in [-0.4, -0.2) is 104 Å². The highest BCUT2D eigenvalue weighted by Crippen LogP contribution is 2.14. The van der Waals surface area contributed by atoms with Gasteiger partial charge in [0.25, 0.3) is 0 Å². The molecule has 3 rings (SSSR count). The van der Waals surface area contributed by atoms with Gasteiger partial charge in [-0.3, -0.25) is 14.7 Å². The summed E-state index contributed by atoms with van der Waals surface area (Å²) in [6.07, 6.45) is 0. The van der Waals surface area contributed by atoms with Crippen LogP contribution < -0.4 is 5.32 Å². The summed E-state index contributed by atoms with van der Waals surface area (Å²) in [7, 11) is 3.96. The van der Waals surface area contributed by atoms with E-state index in [9.17, 15) is 4.79 Å². The Labute approximate surface area is 202 Å². The van der Waals surface area contributed by atoms with E-state index in [4.69, 9.17) is 11.6 Å². The van der Waals surface area contributed by atoms with Gasteiger partial charge in [0.1, 0.15) is 0 Å². The first kappa shape index (κ1) is 25.2. The summed E-state index contributed by atoms with van der Waals surface area (Å²) in [4.78, 5) is 25.9. The lowest BCUT2D eigenvalue weighted by atomic mass is 10.2. The number of carbonyl (C=O) groups is 1. The van der Waals surface area contributed by atoms with Crippen LogP contribution in [0.1, 0.15) is 12.5 Å². The van der Waals surface area contributed by atoms with Gasteiger partial charge >= 0.3 is 0 Å². The number of amides is 1. The minimum atomic E-state index is 0. The number of nitrogens with zero attached hydrogens (tertiary/aromatic N) is 5. The summed E-state index contributed by atoms with van der Waals surface area (Å²) in [5.74, 6) is 0.937. The molecule has 2 aliphatic rings. The van der Waals surface area contributed by atoms with E-state index in [2.05, 4.69) is 39.0 Å². The molecule has 30 heavy (non-hydrogen) atoms. The highest BCUT2D eigenvalue weighted by molar-refractivity contribution is 14.0. The van der Waals surface area contributed by atoms with Gasteiger partial charge < -0.3 is 20.0 Å². The molecule has 2 aliphatic heterocycles. The van der Waals surface area contributed by atoms with Gasteiger partial charge in [0.05, 0.1) is 6.54 Å². The summed E-state index contributed by atoms with van der Waals surface area (Å²) < 4.78 is 0. The SMILES string of the molecule is CN=C(NCC(C)N1CCN(C)CC1)N1CCN(Cc2ccc(Cl)cc2)C(=O)C1.I. The molecule has 1 amide bonds. The molecule has 2 heterocycles. The molecule has 1 atom stereocenters. The molecule has 0 spiro atoms. The van der Waals surface area contributed by atoms with Crippen molar-refractivity contribution in [1.29, 1.82) is 0 Å². The van der Waals surface area contributed by atoms with Gasteiger partial charge in [0, 0.05) is 70.5 Å². The fraction of sp³-hybridized carbons (Fsp3) is 0.619. The van der Waals surface area contributed by atoms with Crippen molar-refractivity contribution in [2.75, 3.05) is 66.5 Å². The molecule has 0 bridgehead atoms. The van der Waals surface area contributed by atoms with Crippen molar-refractivity contribution < 1.29 is 4.79 Å². The van der Waals surface area contributed by atoms with E-state index < -0.39 is 0 Å². The Bertz CT molecular complexity index is 708. The largest absolute Gasteiger partial charge is 0.355 e. The van der Waals surface area contributed by atoms with Gasteiger partial charge in [-0.05, 0) is 31.7 Å². The summed E-state index contributed by atoms with van der Waals surface area (Å²) in [6, 6.07) is 8.11. The van der Waals surface area contributed by atoms with E-state index in [0.29, 0.717) is 30.7 Å². The van der Waals surface area contributed by atoms with E-state index in [1.165, 1.54) is 0 Å². The van der Waals surface area contributed by atoms with Gasteiger partial charge in [0.2, 0.25) is 5.91 Å². The number of benzene rings is 1. The fourth-order valence-electron chi connectivity index (χ4n) is 3.83. The minimum absolute atomic E-state index is 0. The fourth-order valence-corrected chi connectivity index (χ4v) is 3.96. The molecule has 0 saturated carbocycles. The lowest BCUT2D eigenvalue weighted by Crippen LogP contribution is -2.57. The molecule has 2 saturated heterocycles. The van der Waals surface area contributed by atoms with Crippen molar-refractivity contribution >= 4 is 47.4 Å². The van der Waals surface area contributed by atoms with Crippen LogP contribution in [0.4, 0.5) is 0 Å². The average molecular weight is 549 g/mol. The van der Waals surface area contributed by atoms with Crippen molar-refractivity contribution in [2.45, 2.75) is 19.5 Å². The van der Waals surface area contributed by atoms with Crippen LogP contribution in [0, 0.1) is 0 Å². The molecule has 9 heteroatoms. The third kappa shape index (κ3) is 6.96. The maximum absolute atomic E-state index is 12.7. The van der Waals surface area contributed by atoms with Crippen LogP contribution in [0.3, 0.4) is 0 Å². The number of hydrogen-bond donors (Lipinski definition) is 1. The van der Waals surface area contributed by atoms with Crippen LogP contribution in [0.5, 0.6) is 0 Å². The molecule has 7 nitrogen and oxygen atoms in total. The maximum Gasteiger partial charge on any atom is 0.242 e. The molecular weight excluding hydrogens is 515 g/mol. The van der Waals surface area contributed by atoms with Gasteiger partial charge in [0.15, 0.2) is 5.96 Å². The Morgan fingerprint density at radius 1 is 1.13 bits per heavy atom. The highest BCUT2D eigenvalue weighted by Gasteiger charge is 2.26. The predicted octanol–water partition coefficient (Wildman–Crippen LogP) is 1.81. The lowest BCUT2D eigenvalue weighted by Gasteiger charge is -2.38. The van der Waals surface area contributed by atoms with E-state index in [0.717, 1.165) is 50.8 Å². The van der Waals surface area contributed by atoms with Crippen molar-refractivity contribution in [2.24, 2.45) is 4.99 Å². The monoisotopic (exact) mass is 548 g/mol. The molecule has 1 unspecified atom stereocenters. The van der Waals surface area contributed by atoms with Crippen LogP contribution >= 0.6 is 35.6 Å². The number of likely N-dealkylation sites (N-methyl/N-ethyl adjacent to an activating group) is 1. The third-order valence-electron chi connectivity index (χ3n) is 5.83. The molecule has 0 radical (unpaired) electrons. The number of rotatable bonds is 5. The number of guanidine groups is 1. The first-order valence-corrected chi connectivity index (χ1v) is 10.7. The predicted molar refractivity (Wildman–Crippen MR) is 134 cm³/mol. The molecule has 2 fully saturated rings. The summed E-state index contributed by atoms with van der Waals surface area (Å²) >= 11 is 5.95. The molecule has 0 aliphatic carbocycles. The normalized spacial score (nSPS) is 20.1. The number of piperazine rings is 2. The van der Waals surface area contributed by atoms with Gasteiger partial charge in [-0.2, -0.15) is 0 Å². The Morgan fingerprint density at radius 2 is 1.80 bits per heavy atom. The zero-order chi connectivity index (χ0) is 20.8. The molecular formula is C21H34ClIN6O. The van der Waals surface area contributed by atoms with Crippen molar-refractivity contribution in [3.63, 3.8) is 0 Å². The van der Waals surface area contributed by atoms with Gasteiger partial charge in [-0.25, -0.2) is 0 Å². The van der Waals surface area contributed by atoms with E-state index >= 15 is 0 Å². The van der Waals surface area contributed by atoms with E-state index in [-0.39, 0.29) is 29.9 Å². The molecule has 1 aromatic rings. The summed E-state index contributed by atoms with van der Waals surface area (Å²) in [6.45, 7) is 9.95. The van der Waals surface area contributed by atoms with Gasteiger partial charge in [-0.15, -0.1) is 24.0 Å². The molecule has 1 aromatic carbocycles. The van der Waals surface area contributed by atoms with Crippen LogP contribution in [-0.2, 0) is 11.3 Å². The van der Waals surface area contributed by atoms with Crippen molar-refractivity contribution in [3.8, 4) is 0 Å². The Kier molecular flexibility index (Phi) is 10.1. The third-order valence-corrected chi connectivity index (χ3v) is 6.09. The number of carbonyl (C=O) groups excluding carboxylic acids is 1. The first-order valence-electron chi connectivity index (χ1n) is 10.4. The quantitative estimate of drug-likeness (QED) is 0.346. The topological polar surface area (TPSA) is 54.4 Å². The first-order chi connectivity index (χ1) is 14.0. The van der Waals surface area contributed by atoms with Crippen molar-refractivity contribution in [1.82, 2.24) is 24.9 Å². The summed E-state index contributed by atoms with van der Waals surface area (Å²) in [5.41, 5.74) is 1.10. The maximum atomic E-state index is 12.7. The molecule has 0 aromatic heterocycles. The lowest BCUT2D eigenvalue weighted by molar-refractivity contribution is -0.135. The highest BCUT2D eigenvalue weighted by atomic mass is 127. The van der Waals surface area contributed by atoms with Crippen LogP contribution in [0.25, 0.3) is 0 Å². The minimum Gasteiger partial charge on any atom is -0.355 e.